The van der Waals surface area contributed by atoms with Crippen LogP contribution in [0.2, 0.25) is 0 Å². The van der Waals surface area contributed by atoms with Gasteiger partial charge in [0.1, 0.15) is 0 Å². The third kappa shape index (κ3) is 2.38. The number of aryl methyl sites for hydroxylation is 1. The Morgan fingerprint density at radius 1 is 1.13 bits per heavy atom. The van der Waals surface area contributed by atoms with Crippen LogP contribution in [-0.2, 0) is 7.05 Å². The van der Waals surface area contributed by atoms with Crippen molar-refractivity contribution in [1.29, 1.82) is 0 Å². The van der Waals surface area contributed by atoms with Crippen LogP contribution >= 0.6 is 0 Å². The van der Waals surface area contributed by atoms with E-state index in [0.717, 1.165) is 48.2 Å². The summed E-state index contributed by atoms with van der Waals surface area (Å²) in [5.41, 5.74) is 3.26. The number of likely N-dealkylation sites (tertiary alicyclic amines) is 1. The number of nitrogens with zero attached hydrogens (tertiary/aromatic N) is 4. The van der Waals surface area contributed by atoms with E-state index in [9.17, 15) is 4.79 Å². The van der Waals surface area contributed by atoms with Crippen molar-refractivity contribution < 1.29 is 4.79 Å². The molecule has 1 fully saturated rings. The lowest BCUT2D eigenvalue weighted by Crippen LogP contribution is -2.27. The fourth-order valence-electron chi connectivity index (χ4n) is 3.14. The third-order valence-corrected chi connectivity index (χ3v) is 4.40. The third-order valence-electron chi connectivity index (χ3n) is 4.40. The number of hydrogen-bond acceptors (Lipinski definition) is 3. The Labute approximate surface area is 134 Å². The smallest absolute Gasteiger partial charge is 0.254 e. The highest BCUT2D eigenvalue weighted by Crippen LogP contribution is 2.26. The van der Waals surface area contributed by atoms with E-state index in [4.69, 9.17) is 4.98 Å². The molecular weight excluding hydrogens is 288 g/mol. The zero-order chi connectivity index (χ0) is 15.8. The molecule has 5 nitrogen and oxygen atoms in total. The monoisotopic (exact) mass is 306 g/mol. The molecule has 1 aliphatic rings. The second kappa shape index (κ2) is 5.50. The van der Waals surface area contributed by atoms with Gasteiger partial charge in [-0.3, -0.25) is 9.48 Å². The van der Waals surface area contributed by atoms with Gasteiger partial charge < -0.3 is 4.90 Å². The van der Waals surface area contributed by atoms with Crippen LogP contribution in [0.15, 0.2) is 42.6 Å². The first-order valence-corrected chi connectivity index (χ1v) is 7.91. The maximum atomic E-state index is 12.9. The minimum atomic E-state index is 0.0834. The fourth-order valence-corrected chi connectivity index (χ4v) is 3.14. The number of benzene rings is 1. The van der Waals surface area contributed by atoms with Crippen molar-refractivity contribution in [1.82, 2.24) is 19.7 Å². The summed E-state index contributed by atoms with van der Waals surface area (Å²) in [6.45, 7) is 1.67. The largest absolute Gasteiger partial charge is 0.339 e. The zero-order valence-corrected chi connectivity index (χ0v) is 13.1. The first kappa shape index (κ1) is 13.9. The maximum Gasteiger partial charge on any atom is 0.254 e. The van der Waals surface area contributed by atoms with Crippen LogP contribution in [0.25, 0.3) is 22.3 Å². The number of rotatable bonds is 2. The highest BCUT2D eigenvalue weighted by molar-refractivity contribution is 6.06. The van der Waals surface area contributed by atoms with E-state index in [2.05, 4.69) is 5.10 Å². The van der Waals surface area contributed by atoms with Crippen molar-refractivity contribution in [2.45, 2.75) is 12.8 Å². The summed E-state index contributed by atoms with van der Waals surface area (Å²) in [6.07, 6.45) is 3.90. The summed E-state index contributed by atoms with van der Waals surface area (Å²) in [7, 11) is 1.86. The van der Waals surface area contributed by atoms with Crippen LogP contribution in [0.3, 0.4) is 0 Å². The standard InChI is InChI=1S/C18H18N4O/c1-21-17-15(12-19-21)14(18(23)22-9-5-6-10-22)11-16(20-17)13-7-3-2-4-8-13/h2-4,7-8,11-12H,5-6,9-10H2,1H3. The van der Waals surface area contributed by atoms with Crippen molar-refractivity contribution in [2.75, 3.05) is 13.1 Å². The highest BCUT2D eigenvalue weighted by Gasteiger charge is 2.23. The number of carbonyl (C=O) groups is 1. The summed E-state index contributed by atoms with van der Waals surface area (Å²) in [6, 6.07) is 11.9. The Morgan fingerprint density at radius 3 is 2.61 bits per heavy atom. The van der Waals surface area contributed by atoms with E-state index in [-0.39, 0.29) is 5.91 Å². The van der Waals surface area contributed by atoms with Gasteiger partial charge in [0.25, 0.3) is 5.91 Å². The van der Waals surface area contributed by atoms with Gasteiger partial charge in [-0.1, -0.05) is 30.3 Å². The second-order valence-corrected chi connectivity index (χ2v) is 5.93. The van der Waals surface area contributed by atoms with Gasteiger partial charge in [0.2, 0.25) is 0 Å². The molecule has 3 heterocycles. The summed E-state index contributed by atoms with van der Waals surface area (Å²) >= 11 is 0. The quantitative estimate of drug-likeness (QED) is 0.731. The molecule has 4 rings (SSSR count). The van der Waals surface area contributed by atoms with Gasteiger partial charge in [-0.2, -0.15) is 5.10 Å². The van der Waals surface area contributed by atoms with E-state index in [1.807, 2.05) is 48.3 Å². The maximum absolute atomic E-state index is 12.9. The Bertz CT molecular complexity index is 863. The first-order chi connectivity index (χ1) is 11.2. The number of carbonyl (C=O) groups excluding carboxylic acids is 1. The predicted molar refractivity (Wildman–Crippen MR) is 89.1 cm³/mol. The average molecular weight is 306 g/mol. The molecule has 3 aromatic rings. The molecule has 0 unspecified atom stereocenters. The lowest BCUT2D eigenvalue weighted by Gasteiger charge is -2.16. The number of fused-ring (bicyclic) bond motifs is 1. The molecule has 1 aliphatic heterocycles. The van der Waals surface area contributed by atoms with Gasteiger partial charge in [-0.25, -0.2) is 4.98 Å². The molecule has 1 saturated heterocycles. The number of hydrogen-bond donors (Lipinski definition) is 0. The van der Waals surface area contributed by atoms with Crippen molar-refractivity contribution in [3.8, 4) is 11.3 Å². The molecule has 2 aromatic heterocycles. The van der Waals surface area contributed by atoms with E-state index in [1.165, 1.54) is 0 Å². The lowest BCUT2D eigenvalue weighted by atomic mass is 10.1. The molecule has 0 atom stereocenters. The van der Waals surface area contributed by atoms with Gasteiger partial charge in [0.05, 0.1) is 22.8 Å². The van der Waals surface area contributed by atoms with Crippen LogP contribution in [0.1, 0.15) is 23.2 Å². The molecule has 116 valence electrons. The van der Waals surface area contributed by atoms with Crippen LogP contribution < -0.4 is 0 Å². The van der Waals surface area contributed by atoms with Gasteiger partial charge in [0, 0.05) is 25.7 Å². The van der Waals surface area contributed by atoms with Crippen molar-refractivity contribution >= 4 is 16.9 Å². The molecule has 5 heteroatoms. The number of pyridine rings is 1. The van der Waals surface area contributed by atoms with Crippen LogP contribution in [0.5, 0.6) is 0 Å². The fraction of sp³-hybridized carbons (Fsp3) is 0.278. The van der Waals surface area contributed by atoms with Crippen molar-refractivity contribution in [3.05, 3.63) is 48.2 Å². The van der Waals surface area contributed by atoms with Gasteiger partial charge in [-0.05, 0) is 18.9 Å². The molecule has 1 amide bonds. The summed E-state index contributed by atoms with van der Waals surface area (Å²) in [4.78, 5) is 19.5. The topological polar surface area (TPSA) is 51.0 Å². The molecule has 0 aliphatic carbocycles. The molecule has 23 heavy (non-hydrogen) atoms. The Balaban J connectivity index is 1.89. The van der Waals surface area contributed by atoms with E-state index in [0.29, 0.717) is 5.56 Å². The molecule has 0 N–H and O–H groups in total. The van der Waals surface area contributed by atoms with Crippen LogP contribution in [-0.4, -0.2) is 38.7 Å². The molecule has 0 radical (unpaired) electrons. The Morgan fingerprint density at radius 2 is 1.87 bits per heavy atom. The van der Waals surface area contributed by atoms with Crippen LogP contribution in [0.4, 0.5) is 0 Å². The van der Waals surface area contributed by atoms with Gasteiger partial charge in [0.15, 0.2) is 5.65 Å². The SMILES string of the molecule is Cn1ncc2c(C(=O)N3CCCC3)cc(-c3ccccc3)nc21. The normalized spacial score (nSPS) is 14.6. The highest BCUT2D eigenvalue weighted by atomic mass is 16.2. The first-order valence-electron chi connectivity index (χ1n) is 7.91. The summed E-state index contributed by atoms with van der Waals surface area (Å²) in [5.74, 6) is 0.0834. The second-order valence-electron chi connectivity index (χ2n) is 5.93. The molecule has 0 saturated carbocycles. The Kier molecular flexibility index (Phi) is 3.33. The van der Waals surface area contributed by atoms with Gasteiger partial charge in [-0.15, -0.1) is 0 Å². The Hall–Kier alpha value is -2.69. The summed E-state index contributed by atoms with van der Waals surface area (Å²) in [5, 5.41) is 5.11. The molecule has 0 spiro atoms. The van der Waals surface area contributed by atoms with E-state index >= 15 is 0 Å². The minimum absolute atomic E-state index is 0.0834. The predicted octanol–water partition coefficient (Wildman–Crippen LogP) is 2.87. The van der Waals surface area contributed by atoms with Gasteiger partial charge >= 0.3 is 0 Å². The van der Waals surface area contributed by atoms with Crippen LogP contribution in [0, 0.1) is 0 Å². The van der Waals surface area contributed by atoms with Crippen molar-refractivity contribution in [3.63, 3.8) is 0 Å². The number of aromatic nitrogens is 3. The lowest BCUT2D eigenvalue weighted by molar-refractivity contribution is 0.0794. The number of amides is 1. The van der Waals surface area contributed by atoms with E-state index < -0.39 is 0 Å². The molecule has 0 bridgehead atoms. The van der Waals surface area contributed by atoms with E-state index in [1.54, 1.807) is 10.9 Å². The summed E-state index contributed by atoms with van der Waals surface area (Å²) < 4.78 is 1.72. The van der Waals surface area contributed by atoms with Crippen molar-refractivity contribution in [2.24, 2.45) is 7.05 Å². The minimum Gasteiger partial charge on any atom is -0.339 e. The molecular formula is C18H18N4O. The average Bonchev–Trinajstić information content (AvgIpc) is 3.25. The zero-order valence-electron chi connectivity index (χ0n) is 13.1. The molecule has 1 aromatic carbocycles.